The maximum absolute atomic E-state index is 13.5. The van der Waals surface area contributed by atoms with E-state index in [-0.39, 0.29) is 23.3 Å². The van der Waals surface area contributed by atoms with Crippen molar-refractivity contribution in [1.29, 1.82) is 0 Å². The Morgan fingerprint density at radius 1 is 1.00 bits per heavy atom. The molecule has 23 heavy (non-hydrogen) atoms. The summed E-state index contributed by atoms with van der Waals surface area (Å²) in [5, 5.41) is 5.53. The Labute approximate surface area is 133 Å². The lowest BCUT2D eigenvalue weighted by molar-refractivity contribution is -0.117. The van der Waals surface area contributed by atoms with E-state index in [1.165, 1.54) is 6.07 Å². The van der Waals surface area contributed by atoms with E-state index in [1.807, 2.05) is 0 Å². The van der Waals surface area contributed by atoms with Crippen LogP contribution in [0.2, 0.25) is 0 Å². The molecule has 0 atom stereocenters. The van der Waals surface area contributed by atoms with Crippen LogP contribution >= 0.6 is 0 Å². The Kier molecular flexibility index (Phi) is 4.10. The second-order valence-electron chi connectivity index (χ2n) is 5.76. The second-order valence-corrected chi connectivity index (χ2v) is 5.76. The fourth-order valence-electron chi connectivity index (χ4n) is 2.16. The summed E-state index contributed by atoms with van der Waals surface area (Å²) in [5.74, 6) is -0.600. The maximum Gasteiger partial charge on any atom is 0.255 e. The van der Waals surface area contributed by atoms with Crippen molar-refractivity contribution in [3.05, 3.63) is 59.4 Å². The molecule has 0 bridgehead atoms. The van der Waals surface area contributed by atoms with Gasteiger partial charge in [-0.15, -0.1) is 0 Å². The summed E-state index contributed by atoms with van der Waals surface area (Å²) in [5.41, 5.74) is 2.04. The van der Waals surface area contributed by atoms with Gasteiger partial charge in [-0.25, -0.2) is 4.39 Å². The number of hydrogen-bond donors (Lipinski definition) is 2. The number of hydrogen-bond acceptors (Lipinski definition) is 2. The zero-order valence-corrected chi connectivity index (χ0v) is 12.7. The quantitative estimate of drug-likeness (QED) is 0.903. The normalized spacial score (nSPS) is 13.5. The molecule has 0 spiro atoms. The third-order valence-corrected chi connectivity index (χ3v) is 3.79. The van der Waals surface area contributed by atoms with Crippen LogP contribution < -0.4 is 10.6 Å². The molecule has 1 aliphatic carbocycles. The molecule has 5 heteroatoms. The molecular weight excluding hydrogens is 295 g/mol. The van der Waals surface area contributed by atoms with Gasteiger partial charge in [0.2, 0.25) is 5.91 Å². The minimum absolute atomic E-state index is 0.0388. The summed E-state index contributed by atoms with van der Waals surface area (Å²) < 4.78 is 13.5. The van der Waals surface area contributed by atoms with E-state index in [0.29, 0.717) is 16.9 Å². The van der Waals surface area contributed by atoms with Crippen molar-refractivity contribution < 1.29 is 14.0 Å². The number of rotatable bonds is 4. The minimum atomic E-state index is -0.407. The van der Waals surface area contributed by atoms with Gasteiger partial charge in [-0.3, -0.25) is 9.59 Å². The second kappa shape index (κ2) is 6.20. The predicted octanol–water partition coefficient (Wildman–Crippen LogP) is 3.73. The number of anilines is 2. The van der Waals surface area contributed by atoms with E-state index in [4.69, 9.17) is 0 Å². The topological polar surface area (TPSA) is 58.2 Å². The van der Waals surface area contributed by atoms with Crippen molar-refractivity contribution in [3.63, 3.8) is 0 Å². The van der Waals surface area contributed by atoms with Gasteiger partial charge in [0.25, 0.3) is 5.91 Å². The van der Waals surface area contributed by atoms with Gasteiger partial charge in [-0.05, 0) is 61.7 Å². The average Bonchev–Trinajstić information content (AvgIpc) is 3.36. The third kappa shape index (κ3) is 3.74. The van der Waals surface area contributed by atoms with Crippen LogP contribution in [0.25, 0.3) is 0 Å². The van der Waals surface area contributed by atoms with Crippen LogP contribution in [0, 0.1) is 18.7 Å². The Hall–Kier alpha value is -2.69. The lowest BCUT2D eigenvalue weighted by Gasteiger charge is -2.08. The Balaban J connectivity index is 1.63. The van der Waals surface area contributed by atoms with Crippen LogP contribution in [0.3, 0.4) is 0 Å². The largest absolute Gasteiger partial charge is 0.326 e. The zero-order valence-electron chi connectivity index (χ0n) is 12.7. The molecular formula is C18H17FN2O2. The molecule has 0 aliphatic heterocycles. The SMILES string of the molecule is Cc1ccc(C(=O)Nc2ccc(NC(=O)C3CC3)cc2)cc1F. The monoisotopic (exact) mass is 312 g/mol. The van der Waals surface area contributed by atoms with Gasteiger partial charge in [-0.1, -0.05) is 6.07 Å². The van der Waals surface area contributed by atoms with Crippen LogP contribution in [0.5, 0.6) is 0 Å². The highest BCUT2D eigenvalue weighted by molar-refractivity contribution is 6.04. The van der Waals surface area contributed by atoms with Crippen molar-refractivity contribution in [2.45, 2.75) is 19.8 Å². The summed E-state index contributed by atoms with van der Waals surface area (Å²) >= 11 is 0. The van der Waals surface area contributed by atoms with Crippen molar-refractivity contribution >= 4 is 23.2 Å². The molecule has 2 N–H and O–H groups in total. The molecule has 0 aromatic heterocycles. The van der Waals surface area contributed by atoms with Gasteiger partial charge in [0, 0.05) is 22.9 Å². The summed E-state index contributed by atoms with van der Waals surface area (Å²) in [7, 11) is 0. The number of aryl methyl sites for hydroxylation is 1. The molecule has 3 rings (SSSR count). The summed E-state index contributed by atoms with van der Waals surface area (Å²) in [6, 6.07) is 11.2. The standard InChI is InChI=1S/C18H17FN2O2/c1-11-2-3-13(10-16(11)19)18(23)21-15-8-6-14(7-9-15)20-17(22)12-4-5-12/h2-3,6-10,12H,4-5H2,1H3,(H,20,22)(H,21,23). The molecule has 0 heterocycles. The number of carbonyl (C=O) groups is 2. The first-order chi connectivity index (χ1) is 11.0. The number of benzene rings is 2. The van der Waals surface area contributed by atoms with E-state index in [0.717, 1.165) is 12.8 Å². The fraction of sp³-hybridized carbons (Fsp3) is 0.222. The molecule has 2 aromatic rings. The summed E-state index contributed by atoms with van der Waals surface area (Å²) in [6.07, 6.45) is 1.90. The number of amides is 2. The van der Waals surface area contributed by atoms with E-state index in [1.54, 1.807) is 43.3 Å². The van der Waals surface area contributed by atoms with Crippen molar-refractivity contribution in [2.75, 3.05) is 10.6 Å². The van der Waals surface area contributed by atoms with E-state index < -0.39 is 5.82 Å². The van der Waals surface area contributed by atoms with Crippen LogP contribution in [-0.2, 0) is 4.79 Å². The number of carbonyl (C=O) groups excluding carboxylic acids is 2. The molecule has 0 radical (unpaired) electrons. The first kappa shape index (κ1) is 15.2. The molecule has 0 unspecified atom stereocenters. The van der Waals surface area contributed by atoms with E-state index in [9.17, 15) is 14.0 Å². The molecule has 1 saturated carbocycles. The lowest BCUT2D eigenvalue weighted by Crippen LogP contribution is -2.14. The Bertz CT molecular complexity index is 752. The average molecular weight is 312 g/mol. The van der Waals surface area contributed by atoms with Crippen LogP contribution in [-0.4, -0.2) is 11.8 Å². The molecule has 118 valence electrons. The maximum atomic E-state index is 13.5. The summed E-state index contributed by atoms with van der Waals surface area (Å²) in [4.78, 5) is 23.8. The minimum Gasteiger partial charge on any atom is -0.326 e. The molecule has 2 aromatic carbocycles. The van der Waals surface area contributed by atoms with E-state index >= 15 is 0 Å². The smallest absolute Gasteiger partial charge is 0.255 e. The van der Waals surface area contributed by atoms with Crippen molar-refractivity contribution in [1.82, 2.24) is 0 Å². The highest BCUT2D eigenvalue weighted by Gasteiger charge is 2.29. The zero-order chi connectivity index (χ0) is 16.4. The van der Waals surface area contributed by atoms with Gasteiger partial charge >= 0.3 is 0 Å². The number of nitrogens with one attached hydrogen (secondary N) is 2. The van der Waals surface area contributed by atoms with Gasteiger partial charge in [0.05, 0.1) is 0 Å². The Morgan fingerprint density at radius 2 is 1.61 bits per heavy atom. The van der Waals surface area contributed by atoms with Gasteiger partial charge in [0.15, 0.2) is 0 Å². The Morgan fingerprint density at radius 3 is 2.17 bits per heavy atom. The van der Waals surface area contributed by atoms with Gasteiger partial charge < -0.3 is 10.6 Å². The molecule has 0 saturated heterocycles. The highest BCUT2D eigenvalue weighted by Crippen LogP contribution is 2.30. The first-order valence-corrected chi connectivity index (χ1v) is 7.51. The van der Waals surface area contributed by atoms with Crippen LogP contribution in [0.4, 0.5) is 15.8 Å². The first-order valence-electron chi connectivity index (χ1n) is 7.51. The van der Waals surface area contributed by atoms with Gasteiger partial charge in [-0.2, -0.15) is 0 Å². The van der Waals surface area contributed by atoms with Crippen LogP contribution in [0.15, 0.2) is 42.5 Å². The highest BCUT2D eigenvalue weighted by atomic mass is 19.1. The third-order valence-electron chi connectivity index (χ3n) is 3.79. The van der Waals surface area contributed by atoms with Gasteiger partial charge in [0.1, 0.15) is 5.82 Å². The molecule has 4 nitrogen and oxygen atoms in total. The van der Waals surface area contributed by atoms with E-state index in [2.05, 4.69) is 10.6 Å². The molecule has 1 fully saturated rings. The van der Waals surface area contributed by atoms with Crippen molar-refractivity contribution in [2.24, 2.45) is 5.92 Å². The summed E-state index contributed by atoms with van der Waals surface area (Å²) in [6.45, 7) is 1.64. The van der Waals surface area contributed by atoms with Crippen molar-refractivity contribution in [3.8, 4) is 0 Å². The number of halogens is 1. The van der Waals surface area contributed by atoms with Crippen LogP contribution in [0.1, 0.15) is 28.8 Å². The molecule has 1 aliphatic rings. The predicted molar refractivity (Wildman–Crippen MR) is 86.9 cm³/mol. The molecule has 2 amide bonds. The fourth-order valence-corrected chi connectivity index (χ4v) is 2.16. The lowest BCUT2D eigenvalue weighted by atomic mass is 10.1.